The molecule has 0 bridgehead atoms. The van der Waals surface area contributed by atoms with E-state index in [4.69, 9.17) is 0 Å². The summed E-state index contributed by atoms with van der Waals surface area (Å²) in [6, 6.07) is 10.6. The van der Waals surface area contributed by atoms with Crippen molar-refractivity contribution >= 4 is 17.2 Å². The Labute approximate surface area is 131 Å². The summed E-state index contributed by atoms with van der Waals surface area (Å²) in [4.78, 5) is 12.0. The predicted octanol–water partition coefficient (Wildman–Crippen LogP) is 4.37. The van der Waals surface area contributed by atoms with Gasteiger partial charge in [0, 0.05) is 0 Å². The number of hydrogen-bond donors (Lipinski definition) is 1. The van der Waals surface area contributed by atoms with Crippen molar-refractivity contribution in [2.45, 2.75) is 39.7 Å². The second kappa shape index (κ2) is 7.41. The summed E-state index contributed by atoms with van der Waals surface area (Å²) in [5.74, 6) is 0.741. The van der Waals surface area contributed by atoms with Crippen molar-refractivity contribution < 1.29 is 4.79 Å². The summed E-state index contributed by atoms with van der Waals surface area (Å²) in [7, 11) is 0. The van der Waals surface area contributed by atoms with Crippen LogP contribution >= 0.6 is 11.3 Å². The second-order valence-corrected chi connectivity index (χ2v) is 6.72. The van der Waals surface area contributed by atoms with Gasteiger partial charge in [0.25, 0.3) is 0 Å². The quantitative estimate of drug-likeness (QED) is 0.843. The summed E-state index contributed by atoms with van der Waals surface area (Å²) in [5.41, 5.74) is 3.59. The predicted molar refractivity (Wildman–Crippen MR) is 89.6 cm³/mol. The van der Waals surface area contributed by atoms with E-state index in [1.54, 1.807) is 11.3 Å². The maximum atomic E-state index is 12.0. The topological polar surface area (TPSA) is 29.1 Å². The SMILES string of the molecule is CC(C)Cc1ccc(C(C)NC(=O)Cc2ccsc2)cc1. The van der Waals surface area contributed by atoms with E-state index in [1.807, 2.05) is 23.8 Å². The molecule has 0 saturated heterocycles. The molecule has 0 saturated carbocycles. The molecule has 1 aromatic heterocycles. The zero-order chi connectivity index (χ0) is 15.2. The fraction of sp³-hybridized carbons (Fsp3) is 0.389. The van der Waals surface area contributed by atoms with Crippen molar-refractivity contribution in [1.82, 2.24) is 5.32 Å². The van der Waals surface area contributed by atoms with Gasteiger partial charge in [-0.3, -0.25) is 4.79 Å². The minimum Gasteiger partial charge on any atom is -0.349 e. The number of hydrogen-bond acceptors (Lipinski definition) is 2. The molecule has 2 nitrogen and oxygen atoms in total. The minimum absolute atomic E-state index is 0.0456. The van der Waals surface area contributed by atoms with Crippen molar-refractivity contribution in [3.8, 4) is 0 Å². The Balaban J connectivity index is 1.90. The average molecular weight is 301 g/mol. The van der Waals surface area contributed by atoms with Gasteiger partial charge in [-0.25, -0.2) is 0 Å². The lowest BCUT2D eigenvalue weighted by atomic mass is 10.00. The fourth-order valence-electron chi connectivity index (χ4n) is 2.37. The zero-order valence-electron chi connectivity index (χ0n) is 12.9. The first-order chi connectivity index (χ1) is 10.0. The van der Waals surface area contributed by atoms with Gasteiger partial charge in [0.05, 0.1) is 12.5 Å². The Morgan fingerprint density at radius 3 is 2.38 bits per heavy atom. The van der Waals surface area contributed by atoms with Crippen LogP contribution in [-0.2, 0) is 17.6 Å². The van der Waals surface area contributed by atoms with Crippen molar-refractivity contribution in [3.63, 3.8) is 0 Å². The van der Waals surface area contributed by atoms with Gasteiger partial charge in [-0.15, -0.1) is 0 Å². The van der Waals surface area contributed by atoms with Crippen molar-refractivity contribution in [3.05, 3.63) is 57.8 Å². The molecule has 0 radical (unpaired) electrons. The average Bonchev–Trinajstić information content (AvgIpc) is 2.91. The van der Waals surface area contributed by atoms with E-state index in [0.717, 1.165) is 17.5 Å². The molecule has 1 N–H and O–H groups in total. The van der Waals surface area contributed by atoms with Gasteiger partial charge in [0.2, 0.25) is 5.91 Å². The van der Waals surface area contributed by atoms with Crippen LogP contribution in [0.2, 0.25) is 0 Å². The lowest BCUT2D eigenvalue weighted by molar-refractivity contribution is -0.121. The van der Waals surface area contributed by atoms with Crippen LogP contribution in [0.15, 0.2) is 41.1 Å². The van der Waals surface area contributed by atoms with Crippen LogP contribution in [0.25, 0.3) is 0 Å². The Bertz CT molecular complexity index is 557. The van der Waals surface area contributed by atoms with E-state index >= 15 is 0 Å². The van der Waals surface area contributed by atoms with Crippen LogP contribution in [0.1, 0.15) is 43.5 Å². The van der Waals surface area contributed by atoms with Crippen LogP contribution in [0, 0.1) is 5.92 Å². The van der Waals surface area contributed by atoms with Gasteiger partial charge in [0.15, 0.2) is 0 Å². The molecule has 1 amide bonds. The Hall–Kier alpha value is -1.61. The molecule has 1 atom stereocenters. The monoisotopic (exact) mass is 301 g/mol. The van der Waals surface area contributed by atoms with Gasteiger partial charge in [-0.1, -0.05) is 38.1 Å². The second-order valence-electron chi connectivity index (χ2n) is 5.94. The van der Waals surface area contributed by atoms with E-state index in [0.29, 0.717) is 12.3 Å². The van der Waals surface area contributed by atoms with E-state index < -0.39 is 0 Å². The number of benzene rings is 1. The highest BCUT2D eigenvalue weighted by Crippen LogP contribution is 2.16. The fourth-order valence-corrected chi connectivity index (χ4v) is 3.04. The summed E-state index contributed by atoms with van der Waals surface area (Å²) >= 11 is 1.62. The summed E-state index contributed by atoms with van der Waals surface area (Å²) in [6.45, 7) is 6.48. The van der Waals surface area contributed by atoms with Crippen LogP contribution < -0.4 is 5.32 Å². The lowest BCUT2D eigenvalue weighted by Gasteiger charge is -2.15. The molecule has 2 rings (SSSR count). The van der Waals surface area contributed by atoms with Gasteiger partial charge >= 0.3 is 0 Å². The maximum absolute atomic E-state index is 12.0. The van der Waals surface area contributed by atoms with Gasteiger partial charge in [-0.2, -0.15) is 11.3 Å². The highest BCUT2D eigenvalue weighted by Gasteiger charge is 2.10. The lowest BCUT2D eigenvalue weighted by Crippen LogP contribution is -2.27. The summed E-state index contributed by atoms with van der Waals surface area (Å²) in [6.07, 6.45) is 1.55. The van der Waals surface area contributed by atoms with Crippen molar-refractivity contribution in [2.24, 2.45) is 5.92 Å². The van der Waals surface area contributed by atoms with Gasteiger partial charge in [-0.05, 0) is 52.8 Å². The molecule has 112 valence electrons. The van der Waals surface area contributed by atoms with E-state index in [2.05, 4.69) is 43.4 Å². The maximum Gasteiger partial charge on any atom is 0.224 e. The third kappa shape index (κ3) is 5.01. The van der Waals surface area contributed by atoms with Crippen molar-refractivity contribution in [1.29, 1.82) is 0 Å². The number of amides is 1. The molecular weight excluding hydrogens is 278 g/mol. The number of nitrogens with one attached hydrogen (secondary N) is 1. The number of carbonyl (C=O) groups excluding carboxylic acids is 1. The zero-order valence-corrected chi connectivity index (χ0v) is 13.7. The van der Waals surface area contributed by atoms with E-state index in [1.165, 1.54) is 5.56 Å². The first-order valence-corrected chi connectivity index (χ1v) is 8.38. The molecule has 2 aromatic rings. The highest BCUT2D eigenvalue weighted by molar-refractivity contribution is 7.07. The molecule has 1 heterocycles. The van der Waals surface area contributed by atoms with Gasteiger partial charge < -0.3 is 5.32 Å². The number of carbonyl (C=O) groups is 1. The molecular formula is C18H23NOS. The molecule has 3 heteroatoms. The normalized spacial score (nSPS) is 12.4. The summed E-state index contributed by atoms with van der Waals surface area (Å²) in [5, 5.41) is 7.08. The number of rotatable bonds is 6. The molecule has 1 aromatic carbocycles. The smallest absolute Gasteiger partial charge is 0.224 e. The Morgan fingerprint density at radius 2 is 1.81 bits per heavy atom. The third-order valence-corrected chi connectivity index (χ3v) is 4.18. The highest BCUT2D eigenvalue weighted by atomic mass is 32.1. The Kier molecular flexibility index (Phi) is 5.57. The van der Waals surface area contributed by atoms with Crippen LogP contribution in [-0.4, -0.2) is 5.91 Å². The molecule has 0 aliphatic heterocycles. The molecule has 0 fully saturated rings. The number of thiophene rings is 1. The molecule has 0 aliphatic rings. The molecule has 1 unspecified atom stereocenters. The van der Waals surface area contributed by atoms with E-state index in [9.17, 15) is 4.79 Å². The van der Waals surface area contributed by atoms with Crippen LogP contribution in [0.3, 0.4) is 0 Å². The van der Waals surface area contributed by atoms with Gasteiger partial charge in [0.1, 0.15) is 0 Å². The molecule has 21 heavy (non-hydrogen) atoms. The first kappa shape index (κ1) is 15.8. The minimum atomic E-state index is 0.0456. The largest absolute Gasteiger partial charge is 0.349 e. The van der Waals surface area contributed by atoms with E-state index in [-0.39, 0.29) is 11.9 Å². The van der Waals surface area contributed by atoms with Crippen LogP contribution in [0.5, 0.6) is 0 Å². The Morgan fingerprint density at radius 1 is 1.10 bits per heavy atom. The first-order valence-electron chi connectivity index (χ1n) is 7.44. The third-order valence-electron chi connectivity index (χ3n) is 3.45. The molecule has 0 aliphatic carbocycles. The van der Waals surface area contributed by atoms with Crippen LogP contribution in [0.4, 0.5) is 0 Å². The summed E-state index contributed by atoms with van der Waals surface area (Å²) < 4.78 is 0. The van der Waals surface area contributed by atoms with Crippen molar-refractivity contribution in [2.75, 3.05) is 0 Å². The standard InChI is InChI=1S/C18H23NOS/c1-13(2)10-15-4-6-17(7-5-15)14(3)19-18(20)11-16-8-9-21-12-16/h4-9,12-14H,10-11H2,1-3H3,(H,19,20). The molecule has 0 spiro atoms.